The Morgan fingerprint density at radius 3 is 2.46 bits per heavy atom. The van der Waals surface area contributed by atoms with Crippen LogP contribution in [0.3, 0.4) is 0 Å². The maximum absolute atomic E-state index is 12.8. The lowest BCUT2D eigenvalue weighted by Gasteiger charge is -2.20. The number of rotatable bonds is 6. The van der Waals surface area contributed by atoms with Gasteiger partial charge in [0.1, 0.15) is 0 Å². The van der Waals surface area contributed by atoms with Crippen LogP contribution in [0.5, 0.6) is 0 Å². The first-order valence-corrected chi connectivity index (χ1v) is 10.1. The summed E-state index contributed by atoms with van der Waals surface area (Å²) < 4.78 is 62.9. The third-order valence-corrected chi connectivity index (χ3v) is 5.12. The van der Waals surface area contributed by atoms with Gasteiger partial charge in [-0.3, -0.25) is 9.73 Å². The molecule has 0 aliphatic carbocycles. The maximum Gasteiger partial charge on any atom is 0.516 e. The van der Waals surface area contributed by atoms with E-state index in [-0.39, 0.29) is 11.3 Å². The Labute approximate surface area is 166 Å². The SMILES string of the molecule is CCN(/N=C(\C)c1cc(C)ccc1NS(=O)(=O)C(F)(F)F)c1cccc(Cl)c1. The second kappa shape index (κ2) is 8.40. The number of alkyl halides is 3. The first-order chi connectivity index (χ1) is 12.9. The molecule has 0 atom stereocenters. The van der Waals surface area contributed by atoms with Gasteiger partial charge in [0.25, 0.3) is 0 Å². The van der Waals surface area contributed by atoms with Crippen LogP contribution >= 0.6 is 11.6 Å². The van der Waals surface area contributed by atoms with E-state index in [2.05, 4.69) is 5.10 Å². The zero-order valence-electron chi connectivity index (χ0n) is 15.4. The molecule has 10 heteroatoms. The summed E-state index contributed by atoms with van der Waals surface area (Å²) in [5.74, 6) is 0. The number of halogens is 4. The first kappa shape index (κ1) is 22.0. The quantitative estimate of drug-likeness (QED) is 0.505. The van der Waals surface area contributed by atoms with Crippen molar-refractivity contribution >= 4 is 38.7 Å². The molecule has 0 radical (unpaired) electrons. The fourth-order valence-corrected chi connectivity index (χ4v) is 3.20. The smallest absolute Gasteiger partial charge is 0.275 e. The molecule has 28 heavy (non-hydrogen) atoms. The Kier molecular flexibility index (Phi) is 6.61. The molecule has 0 aliphatic rings. The molecule has 152 valence electrons. The lowest BCUT2D eigenvalue weighted by Crippen LogP contribution is -2.30. The fourth-order valence-electron chi connectivity index (χ4n) is 2.43. The molecule has 0 saturated carbocycles. The van der Waals surface area contributed by atoms with Gasteiger partial charge in [-0.05, 0) is 51.1 Å². The van der Waals surface area contributed by atoms with E-state index in [1.165, 1.54) is 12.1 Å². The van der Waals surface area contributed by atoms with E-state index in [9.17, 15) is 21.6 Å². The molecule has 2 aromatic carbocycles. The molecule has 0 aromatic heterocycles. The average Bonchev–Trinajstić information content (AvgIpc) is 2.59. The highest BCUT2D eigenvalue weighted by Gasteiger charge is 2.46. The lowest BCUT2D eigenvalue weighted by molar-refractivity contribution is -0.0429. The van der Waals surface area contributed by atoms with Crippen LogP contribution in [0.25, 0.3) is 0 Å². The standard InChI is InChI=1S/C18H19ClF3N3O2S/c1-4-25(15-7-5-6-14(19)11-15)23-13(3)16-10-12(2)8-9-17(16)24-28(26,27)18(20,21)22/h5-11,24H,4H2,1-3H3/b23-13+. The van der Waals surface area contributed by atoms with E-state index < -0.39 is 15.5 Å². The second-order valence-electron chi connectivity index (χ2n) is 5.98. The minimum Gasteiger partial charge on any atom is -0.275 e. The molecular formula is C18H19ClF3N3O2S. The zero-order valence-corrected chi connectivity index (χ0v) is 17.0. The van der Waals surface area contributed by atoms with E-state index in [0.717, 1.165) is 5.56 Å². The van der Waals surface area contributed by atoms with Crippen LogP contribution in [-0.4, -0.2) is 26.2 Å². The molecule has 2 rings (SSSR count). The Hall–Kier alpha value is -2.26. The molecular weight excluding hydrogens is 415 g/mol. The van der Waals surface area contributed by atoms with Gasteiger partial charge in [-0.2, -0.15) is 26.7 Å². The molecule has 1 N–H and O–H groups in total. The molecule has 0 fully saturated rings. The molecule has 0 bridgehead atoms. The number of nitrogens with zero attached hydrogens (tertiary/aromatic N) is 2. The fraction of sp³-hybridized carbons (Fsp3) is 0.278. The number of anilines is 2. The van der Waals surface area contributed by atoms with Crippen LogP contribution in [0, 0.1) is 6.92 Å². The third-order valence-electron chi connectivity index (χ3n) is 3.79. The van der Waals surface area contributed by atoms with Crippen molar-refractivity contribution in [3.8, 4) is 0 Å². The molecule has 0 heterocycles. The van der Waals surface area contributed by atoms with Crippen molar-refractivity contribution in [1.29, 1.82) is 0 Å². The molecule has 0 aliphatic heterocycles. The van der Waals surface area contributed by atoms with Crippen molar-refractivity contribution in [2.24, 2.45) is 5.10 Å². The van der Waals surface area contributed by atoms with E-state index in [1.807, 2.05) is 6.92 Å². The van der Waals surface area contributed by atoms with Gasteiger partial charge in [-0.25, -0.2) is 0 Å². The largest absolute Gasteiger partial charge is 0.516 e. The van der Waals surface area contributed by atoms with Crippen molar-refractivity contribution in [2.45, 2.75) is 26.3 Å². The highest BCUT2D eigenvalue weighted by atomic mass is 35.5. The van der Waals surface area contributed by atoms with Gasteiger partial charge in [-0.1, -0.05) is 29.3 Å². The van der Waals surface area contributed by atoms with Crippen LogP contribution in [0.4, 0.5) is 24.5 Å². The Bertz CT molecular complexity index is 992. The van der Waals surface area contributed by atoms with Gasteiger partial charge in [0, 0.05) is 17.1 Å². The molecule has 0 saturated heterocycles. The van der Waals surface area contributed by atoms with Crippen LogP contribution in [0.2, 0.25) is 5.02 Å². The number of hydrazone groups is 1. The predicted molar refractivity (Wildman–Crippen MR) is 106 cm³/mol. The summed E-state index contributed by atoms with van der Waals surface area (Å²) in [5.41, 5.74) is -3.61. The highest BCUT2D eigenvalue weighted by Crippen LogP contribution is 2.28. The van der Waals surface area contributed by atoms with Gasteiger partial charge in [0.2, 0.25) is 0 Å². The predicted octanol–water partition coefficient (Wildman–Crippen LogP) is 5.16. The van der Waals surface area contributed by atoms with Crippen LogP contribution in [-0.2, 0) is 10.0 Å². The maximum atomic E-state index is 12.8. The van der Waals surface area contributed by atoms with Crippen molar-refractivity contribution in [2.75, 3.05) is 16.3 Å². The van der Waals surface area contributed by atoms with Gasteiger partial charge in [0.05, 0.1) is 17.1 Å². The monoisotopic (exact) mass is 433 g/mol. The number of benzene rings is 2. The number of nitrogens with one attached hydrogen (secondary N) is 1. The lowest BCUT2D eigenvalue weighted by atomic mass is 10.1. The summed E-state index contributed by atoms with van der Waals surface area (Å²) in [7, 11) is -5.55. The van der Waals surface area contributed by atoms with Crippen LogP contribution in [0.15, 0.2) is 47.6 Å². The second-order valence-corrected chi connectivity index (χ2v) is 8.09. The third kappa shape index (κ3) is 5.17. The van der Waals surface area contributed by atoms with E-state index in [0.29, 0.717) is 23.0 Å². The number of sulfonamides is 1. The summed E-state index contributed by atoms with van der Waals surface area (Å²) in [4.78, 5) is 0. The molecule has 0 amide bonds. The first-order valence-electron chi connectivity index (χ1n) is 8.23. The van der Waals surface area contributed by atoms with Crippen LogP contribution in [0.1, 0.15) is 25.0 Å². The van der Waals surface area contributed by atoms with Gasteiger partial charge in [0.15, 0.2) is 0 Å². The Morgan fingerprint density at radius 2 is 1.89 bits per heavy atom. The number of aryl methyl sites for hydroxylation is 1. The van der Waals surface area contributed by atoms with Crippen molar-refractivity contribution < 1.29 is 21.6 Å². The number of hydrogen-bond donors (Lipinski definition) is 1. The van der Waals surface area contributed by atoms with Gasteiger partial charge < -0.3 is 0 Å². The van der Waals surface area contributed by atoms with E-state index >= 15 is 0 Å². The molecule has 2 aromatic rings. The Morgan fingerprint density at radius 1 is 1.21 bits per heavy atom. The van der Waals surface area contributed by atoms with Gasteiger partial charge in [-0.15, -0.1) is 0 Å². The summed E-state index contributed by atoms with van der Waals surface area (Å²) in [6, 6.07) is 11.3. The topological polar surface area (TPSA) is 61.8 Å². The summed E-state index contributed by atoms with van der Waals surface area (Å²) >= 11 is 6.00. The highest BCUT2D eigenvalue weighted by molar-refractivity contribution is 7.93. The van der Waals surface area contributed by atoms with Gasteiger partial charge >= 0.3 is 15.5 Å². The molecule has 0 unspecified atom stereocenters. The van der Waals surface area contributed by atoms with E-state index in [4.69, 9.17) is 11.6 Å². The molecule has 0 spiro atoms. The van der Waals surface area contributed by atoms with Crippen molar-refractivity contribution in [3.05, 3.63) is 58.6 Å². The summed E-state index contributed by atoms with van der Waals surface area (Å²) in [6.07, 6.45) is 0. The van der Waals surface area contributed by atoms with E-state index in [1.54, 1.807) is 53.9 Å². The van der Waals surface area contributed by atoms with Crippen molar-refractivity contribution in [1.82, 2.24) is 0 Å². The normalized spacial score (nSPS) is 12.8. The number of hydrogen-bond acceptors (Lipinski definition) is 4. The minimum absolute atomic E-state index is 0.202. The van der Waals surface area contributed by atoms with Crippen molar-refractivity contribution in [3.63, 3.8) is 0 Å². The Balaban J connectivity index is 2.48. The zero-order chi connectivity index (χ0) is 21.1. The minimum atomic E-state index is -5.55. The average molecular weight is 434 g/mol. The van der Waals surface area contributed by atoms with Crippen LogP contribution < -0.4 is 9.73 Å². The molecule has 5 nitrogen and oxygen atoms in total. The summed E-state index contributed by atoms with van der Waals surface area (Å²) in [5, 5.41) is 6.57. The summed E-state index contributed by atoms with van der Waals surface area (Å²) in [6.45, 7) is 5.65.